The summed E-state index contributed by atoms with van der Waals surface area (Å²) in [6.45, 7) is -1.29. The second-order valence-corrected chi connectivity index (χ2v) is 10.1. The van der Waals surface area contributed by atoms with E-state index < -0.39 is 77.4 Å². The first kappa shape index (κ1) is 41.3. The average molecular weight is 552 g/mol. The van der Waals surface area contributed by atoms with Crippen molar-refractivity contribution in [3.05, 3.63) is 32.6 Å². The number of nitrogens with zero attached hydrogens (tertiary/aromatic N) is 1. The molecular formula is C10H11Li4N2O17P3. The van der Waals surface area contributed by atoms with E-state index >= 15 is 0 Å². The molecule has 0 radical (unpaired) electrons. The van der Waals surface area contributed by atoms with Gasteiger partial charge in [0.05, 0.1) is 14.4 Å². The molecule has 19 nitrogen and oxygen atoms in total. The number of aromatic amines is 1. The van der Waals surface area contributed by atoms with Crippen LogP contribution in [0.25, 0.3) is 0 Å². The summed E-state index contributed by atoms with van der Waals surface area (Å²) in [6.07, 6.45) is -7.23. The Morgan fingerprint density at radius 1 is 1.00 bits per heavy atom. The number of aliphatic hydroxyl groups excluding tert-OH is 2. The summed E-state index contributed by atoms with van der Waals surface area (Å²) in [7, 11) is -18.4. The first-order chi connectivity index (χ1) is 14.4. The molecule has 2 rings (SSSR count). The standard InChI is InChI=1S/C10H15N2O17P3.4Li/c13-5-4(2-26-31(22,23)29-32(24,25)28-30(19,20)21)27-8(6(5)14)12-1-3(9(16)17)7(15)11-10(12)18;;;;/h1,4-6,8,13-14H,2H2,(H,16,17)(H,22,23)(H,24,25)(H,11,15,18)(H2,19,20,21);;;;/q;4*+1/p-4. The van der Waals surface area contributed by atoms with Crippen LogP contribution in [-0.4, -0.2) is 55.8 Å². The third kappa shape index (κ3) is 11.5. The number of phosphoric acid groups is 3. The van der Waals surface area contributed by atoms with Gasteiger partial charge in [0.1, 0.15) is 23.9 Å². The Hall–Kier alpha value is 0.830. The molecule has 36 heavy (non-hydrogen) atoms. The molecule has 1 saturated heterocycles. The molecular weight excluding hydrogens is 541 g/mol. The van der Waals surface area contributed by atoms with Crippen molar-refractivity contribution in [3.8, 4) is 0 Å². The van der Waals surface area contributed by atoms with Crippen LogP contribution in [0.2, 0.25) is 0 Å². The van der Waals surface area contributed by atoms with E-state index in [1.165, 1.54) is 0 Å². The number of carbonyl (C=O) groups is 1. The van der Waals surface area contributed by atoms with Gasteiger partial charge >= 0.3 is 87.1 Å². The van der Waals surface area contributed by atoms with Gasteiger partial charge in [0.25, 0.3) is 21.2 Å². The summed E-state index contributed by atoms with van der Waals surface area (Å²) in [6, 6.07) is 0. The fourth-order valence-corrected chi connectivity index (χ4v) is 5.24. The van der Waals surface area contributed by atoms with E-state index in [0.717, 1.165) is 0 Å². The van der Waals surface area contributed by atoms with Gasteiger partial charge < -0.3 is 48.7 Å². The molecule has 26 heteroatoms. The number of ether oxygens (including phenoxy) is 1. The van der Waals surface area contributed by atoms with Crippen LogP contribution >= 0.6 is 23.5 Å². The summed E-state index contributed by atoms with van der Waals surface area (Å²) in [5.74, 6) is -1.76. The molecule has 0 amide bonds. The van der Waals surface area contributed by atoms with Crippen molar-refractivity contribution in [1.29, 1.82) is 0 Å². The molecule has 0 aromatic carbocycles. The third-order valence-electron chi connectivity index (χ3n) is 3.61. The predicted octanol–water partition coefficient (Wildman–Crippen LogP) is -17.3. The van der Waals surface area contributed by atoms with Crippen molar-refractivity contribution in [2.45, 2.75) is 24.5 Å². The van der Waals surface area contributed by atoms with E-state index in [1.54, 1.807) is 4.98 Å². The fourth-order valence-electron chi connectivity index (χ4n) is 2.37. The monoisotopic (exact) mass is 552 g/mol. The van der Waals surface area contributed by atoms with Crippen molar-refractivity contribution >= 4 is 29.4 Å². The second-order valence-electron chi connectivity index (χ2n) is 5.86. The Bertz CT molecular complexity index is 1150. The molecule has 6 atom stereocenters. The Labute approximate surface area is 248 Å². The predicted molar refractivity (Wildman–Crippen MR) is 85.1 cm³/mol. The zero-order valence-corrected chi connectivity index (χ0v) is 21.6. The quantitative estimate of drug-likeness (QED) is 0.163. The van der Waals surface area contributed by atoms with Crippen molar-refractivity contribution in [2.24, 2.45) is 0 Å². The smallest absolute Gasteiger partial charge is 0.790 e. The molecule has 0 spiro atoms. The Morgan fingerprint density at radius 2 is 1.53 bits per heavy atom. The van der Waals surface area contributed by atoms with Crippen molar-refractivity contribution in [3.63, 3.8) is 0 Å². The number of carboxylic acids is 1. The first-order valence-electron chi connectivity index (χ1n) is 7.74. The van der Waals surface area contributed by atoms with Crippen LogP contribution < -0.4 is 106 Å². The van der Waals surface area contributed by atoms with E-state index in [0.29, 0.717) is 10.8 Å². The van der Waals surface area contributed by atoms with Gasteiger partial charge in [0.2, 0.25) is 0 Å². The van der Waals surface area contributed by atoms with Gasteiger partial charge in [-0.3, -0.25) is 27.8 Å². The van der Waals surface area contributed by atoms with Crippen LogP contribution in [0, 0.1) is 0 Å². The zero-order chi connectivity index (χ0) is 24.6. The maximum Gasteiger partial charge on any atom is 1.00 e. The van der Waals surface area contributed by atoms with Crippen LogP contribution in [0.4, 0.5) is 0 Å². The van der Waals surface area contributed by atoms with E-state index in [4.69, 9.17) is 9.84 Å². The minimum Gasteiger partial charge on any atom is -0.790 e. The maximum atomic E-state index is 11.9. The Morgan fingerprint density at radius 3 is 2.00 bits per heavy atom. The molecule has 1 aliphatic rings. The number of nitrogens with one attached hydrogen (secondary N) is 1. The summed E-state index contributed by atoms with van der Waals surface area (Å²) in [4.78, 5) is 79.1. The molecule has 1 aliphatic heterocycles. The second kappa shape index (κ2) is 15.6. The Balaban J connectivity index is -0.00000272. The molecule has 0 saturated carbocycles. The summed E-state index contributed by atoms with van der Waals surface area (Å²) in [5, 5.41) is 28.9. The number of aliphatic hydroxyl groups is 2. The molecule has 6 unspecified atom stereocenters. The van der Waals surface area contributed by atoms with Gasteiger partial charge in [-0.05, 0) is 0 Å². The average Bonchev–Trinajstić information content (AvgIpc) is 2.85. The minimum absolute atomic E-state index is 0. The first-order valence-corrected chi connectivity index (χ1v) is 12.1. The number of hydrogen-bond acceptors (Lipinski definition) is 16. The largest absolute Gasteiger partial charge is 1.00 e. The number of carboxylic acid groups (broad SMARTS) is 1. The number of rotatable bonds is 9. The SMILES string of the molecule is O=C(O)c1cn(C2OC(COP(=O)([O-])OP(=O)([O-])OP(=O)([O-])[O-])C(O)C2O)c(=O)[nH]c1=O.[Li+].[Li+].[Li+].[Li+]. The Kier molecular flexibility index (Phi) is 17.9. The van der Waals surface area contributed by atoms with Gasteiger partial charge in [0.15, 0.2) is 6.23 Å². The summed E-state index contributed by atoms with van der Waals surface area (Å²) < 4.78 is 48.6. The van der Waals surface area contributed by atoms with E-state index in [1.807, 2.05) is 0 Å². The van der Waals surface area contributed by atoms with Crippen LogP contribution in [0.5, 0.6) is 0 Å². The van der Waals surface area contributed by atoms with Gasteiger partial charge in [-0.2, -0.15) is 0 Å². The zero-order valence-electron chi connectivity index (χ0n) is 18.9. The van der Waals surface area contributed by atoms with Crippen molar-refractivity contribution < 1.29 is 147 Å². The number of aromatic carboxylic acids is 1. The number of aromatic nitrogens is 2. The molecule has 0 aliphatic carbocycles. The van der Waals surface area contributed by atoms with Crippen molar-refractivity contribution in [2.75, 3.05) is 6.61 Å². The van der Waals surface area contributed by atoms with Gasteiger partial charge in [-0.25, -0.2) is 13.9 Å². The van der Waals surface area contributed by atoms with E-state index in [2.05, 4.69) is 13.1 Å². The normalized spacial score (nSPS) is 24.5. The van der Waals surface area contributed by atoms with Crippen LogP contribution in [0.1, 0.15) is 16.6 Å². The minimum atomic E-state index is -6.24. The van der Waals surface area contributed by atoms with Gasteiger partial charge in [-0.1, -0.05) is 0 Å². The van der Waals surface area contributed by atoms with Crippen LogP contribution in [-0.2, 0) is 31.6 Å². The van der Waals surface area contributed by atoms with Gasteiger partial charge in [-0.15, -0.1) is 0 Å². The molecule has 1 aromatic heterocycles. The van der Waals surface area contributed by atoms with Crippen molar-refractivity contribution in [1.82, 2.24) is 9.55 Å². The van der Waals surface area contributed by atoms with Crippen LogP contribution in [0.15, 0.2) is 15.8 Å². The molecule has 0 bridgehead atoms. The van der Waals surface area contributed by atoms with E-state index in [-0.39, 0.29) is 75.4 Å². The van der Waals surface area contributed by atoms with Crippen LogP contribution in [0.3, 0.4) is 0 Å². The maximum absolute atomic E-state index is 11.9. The number of H-pyrrole nitrogens is 1. The summed E-state index contributed by atoms with van der Waals surface area (Å²) in [5.41, 5.74) is -3.52. The molecule has 4 N–H and O–H groups in total. The molecule has 182 valence electrons. The molecule has 2 heterocycles. The number of phosphoric ester groups is 1. The van der Waals surface area contributed by atoms with Gasteiger partial charge in [0, 0.05) is 6.20 Å². The molecule has 1 aromatic rings. The third-order valence-corrected chi connectivity index (χ3v) is 7.27. The fraction of sp³-hybridized carbons (Fsp3) is 0.500. The van der Waals surface area contributed by atoms with E-state index in [9.17, 15) is 57.9 Å². The summed E-state index contributed by atoms with van der Waals surface area (Å²) >= 11 is 0. The topological polar surface area (TPSA) is 313 Å². The molecule has 1 fully saturated rings. The number of hydrogen-bond donors (Lipinski definition) is 4.